The summed E-state index contributed by atoms with van der Waals surface area (Å²) in [5.74, 6) is -0.412. The van der Waals surface area contributed by atoms with Gasteiger partial charge in [0.2, 0.25) is 5.91 Å². The number of carbonyl (C=O) groups excluding carboxylic acids is 2. The average Bonchev–Trinajstić information content (AvgIpc) is 2.89. The number of rotatable bonds is 12. The molecule has 1 amide bonds. The summed E-state index contributed by atoms with van der Waals surface area (Å²) in [7, 11) is -4.06. The molecule has 0 unspecified atom stereocenters. The monoisotopic (exact) mass is 524 g/mol. The molecule has 0 fully saturated rings. The lowest BCUT2D eigenvalue weighted by Gasteiger charge is -2.24. The summed E-state index contributed by atoms with van der Waals surface area (Å²) in [5.41, 5.74) is 2.12. The van der Waals surface area contributed by atoms with Crippen LogP contribution in [-0.4, -0.2) is 40.1 Å². The second-order valence-corrected chi connectivity index (χ2v) is 10.2. The Bertz CT molecular complexity index is 1290. The van der Waals surface area contributed by atoms with Crippen LogP contribution < -0.4 is 14.4 Å². The van der Waals surface area contributed by atoms with Gasteiger partial charge in [0.05, 0.1) is 29.4 Å². The van der Waals surface area contributed by atoms with Gasteiger partial charge in [-0.3, -0.25) is 9.10 Å². The summed E-state index contributed by atoms with van der Waals surface area (Å²) < 4.78 is 38.8. The first kappa shape index (κ1) is 27.7. The summed E-state index contributed by atoms with van der Waals surface area (Å²) in [5, 5.41) is 2.70. The van der Waals surface area contributed by atoms with Gasteiger partial charge < -0.3 is 14.8 Å². The molecule has 0 saturated heterocycles. The third-order valence-corrected chi connectivity index (χ3v) is 7.26. The van der Waals surface area contributed by atoms with Crippen molar-refractivity contribution in [1.82, 2.24) is 0 Å². The van der Waals surface area contributed by atoms with Crippen LogP contribution in [0, 0.1) is 6.92 Å². The first-order valence-corrected chi connectivity index (χ1v) is 13.6. The number of carbonyl (C=O) groups is 2. The maximum Gasteiger partial charge on any atom is 0.338 e. The molecule has 0 saturated carbocycles. The number of nitrogens with zero attached hydrogens (tertiary/aromatic N) is 1. The van der Waals surface area contributed by atoms with Crippen molar-refractivity contribution in [2.75, 3.05) is 29.4 Å². The van der Waals surface area contributed by atoms with Gasteiger partial charge in [0.15, 0.2) is 0 Å². The quantitative estimate of drug-likeness (QED) is 0.259. The molecule has 0 atom stereocenters. The van der Waals surface area contributed by atoms with Crippen molar-refractivity contribution < 1.29 is 27.5 Å². The summed E-state index contributed by atoms with van der Waals surface area (Å²) in [6, 6.07) is 19.2. The molecule has 0 heterocycles. The minimum absolute atomic E-state index is 0.0373. The molecule has 0 aliphatic heterocycles. The normalized spacial score (nSPS) is 11.0. The van der Waals surface area contributed by atoms with E-state index >= 15 is 0 Å². The van der Waals surface area contributed by atoms with Crippen molar-refractivity contribution in [3.8, 4) is 5.75 Å². The zero-order chi connectivity index (χ0) is 26.8. The van der Waals surface area contributed by atoms with Gasteiger partial charge in [-0.1, -0.05) is 31.0 Å². The molecule has 0 aliphatic rings. The lowest BCUT2D eigenvalue weighted by Crippen LogP contribution is -2.38. The van der Waals surface area contributed by atoms with Gasteiger partial charge in [-0.15, -0.1) is 0 Å². The number of sulfonamides is 1. The smallest absolute Gasteiger partial charge is 0.338 e. The Morgan fingerprint density at radius 2 is 1.54 bits per heavy atom. The van der Waals surface area contributed by atoms with Gasteiger partial charge in [-0.25, -0.2) is 13.2 Å². The Balaban J connectivity index is 1.78. The van der Waals surface area contributed by atoms with Crippen molar-refractivity contribution >= 4 is 33.3 Å². The molecule has 3 rings (SSSR count). The lowest BCUT2D eigenvalue weighted by atomic mass is 10.2. The fourth-order valence-corrected chi connectivity index (χ4v) is 4.86. The molecule has 0 spiro atoms. The van der Waals surface area contributed by atoms with E-state index in [1.54, 1.807) is 60.7 Å². The van der Waals surface area contributed by atoms with Crippen LogP contribution in [0.5, 0.6) is 5.75 Å². The molecular weight excluding hydrogens is 492 g/mol. The average molecular weight is 525 g/mol. The molecule has 0 bridgehead atoms. The standard InChI is InChI=1S/C28H32N2O6S/c1-4-6-19-36-28(32)22-9-11-23(12-10-22)29-27(31)20-30(24-13-7-21(3)8-14-24)37(33,34)26-17-15-25(16-18-26)35-5-2/h7-18H,4-6,19-20H2,1-3H3,(H,29,31). The van der Waals surface area contributed by atoms with E-state index in [4.69, 9.17) is 9.47 Å². The highest BCUT2D eigenvalue weighted by molar-refractivity contribution is 7.92. The van der Waals surface area contributed by atoms with E-state index in [0.29, 0.717) is 35.9 Å². The van der Waals surface area contributed by atoms with Crippen molar-refractivity contribution in [2.24, 2.45) is 0 Å². The number of nitrogens with one attached hydrogen (secondary N) is 1. The molecule has 8 nitrogen and oxygen atoms in total. The van der Waals surface area contributed by atoms with E-state index < -0.39 is 28.4 Å². The number of anilines is 2. The van der Waals surface area contributed by atoms with Crippen LogP contribution in [0.25, 0.3) is 0 Å². The summed E-state index contributed by atoms with van der Waals surface area (Å²) >= 11 is 0. The van der Waals surface area contributed by atoms with Crippen LogP contribution in [0.3, 0.4) is 0 Å². The summed E-state index contributed by atoms with van der Waals surface area (Å²) in [6.45, 7) is 6.11. The molecule has 0 aliphatic carbocycles. The van der Waals surface area contributed by atoms with Gasteiger partial charge in [-0.2, -0.15) is 0 Å². The van der Waals surface area contributed by atoms with E-state index in [9.17, 15) is 18.0 Å². The molecule has 0 radical (unpaired) electrons. The largest absolute Gasteiger partial charge is 0.494 e. The molecule has 196 valence electrons. The third-order valence-electron chi connectivity index (χ3n) is 5.47. The summed E-state index contributed by atoms with van der Waals surface area (Å²) in [4.78, 5) is 25.1. The summed E-state index contributed by atoms with van der Waals surface area (Å²) in [6.07, 6.45) is 1.71. The second-order valence-electron chi connectivity index (χ2n) is 8.37. The van der Waals surface area contributed by atoms with E-state index in [2.05, 4.69) is 5.32 Å². The van der Waals surface area contributed by atoms with Crippen molar-refractivity contribution in [3.63, 3.8) is 0 Å². The Hall–Kier alpha value is -3.85. The van der Waals surface area contributed by atoms with Gasteiger partial charge >= 0.3 is 5.97 Å². The highest BCUT2D eigenvalue weighted by Crippen LogP contribution is 2.26. The van der Waals surface area contributed by atoms with E-state index in [-0.39, 0.29) is 4.90 Å². The Kier molecular flexibility index (Phi) is 9.68. The van der Waals surface area contributed by atoms with E-state index in [0.717, 1.165) is 22.7 Å². The van der Waals surface area contributed by atoms with Crippen LogP contribution in [0.15, 0.2) is 77.7 Å². The highest BCUT2D eigenvalue weighted by Gasteiger charge is 2.27. The molecule has 3 aromatic rings. The van der Waals surface area contributed by atoms with Crippen LogP contribution >= 0.6 is 0 Å². The topological polar surface area (TPSA) is 102 Å². The zero-order valence-electron chi connectivity index (χ0n) is 21.3. The molecule has 3 aromatic carbocycles. The molecular formula is C28H32N2O6S. The molecule has 1 N–H and O–H groups in total. The van der Waals surface area contributed by atoms with Crippen molar-refractivity contribution in [2.45, 2.75) is 38.5 Å². The van der Waals surface area contributed by atoms with Crippen LogP contribution in [0.4, 0.5) is 11.4 Å². The Morgan fingerprint density at radius 1 is 0.892 bits per heavy atom. The number of ether oxygens (including phenoxy) is 2. The molecule has 37 heavy (non-hydrogen) atoms. The predicted molar refractivity (Wildman–Crippen MR) is 144 cm³/mol. The number of hydrogen-bond acceptors (Lipinski definition) is 6. The number of benzene rings is 3. The number of unbranched alkanes of at least 4 members (excludes halogenated alkanes) is 1. The number of amides is 1. The van der Waals surface area contributed by atoms with Crippen molar-refractivity contribution in [1.29, 1.82) is 0 Å². The van der Waals surface area contributed by atoms with Crippen molar-refractivity contribution in [3.05, 3.63) is 83.9 Å². The Labute approximate surface area is 218 Å². The maximum absolute atomic E-state index is 13.6. The first-order chi connectivity index (χ1) is 17.7. The molecule has 0 aromatic heterocycles. The lowest BCUT2D eigenvalue weighted by molar-refractivity contribution is -0.114. The van der Waals surface area contributed by atoms with Gasteiger partial charge in [-0.05, 0) is 80.9 Å². The Morgan fingerprint density at radius 3 is 2.14 bits per heavy atom. The van der Waals surface area contributed by atoms with Crippen LogP contribution in [-0.2, 0) is 19.6 Å². The highest BCUT2D eigenvalue weighted by atomic mass is 32.2. The van der Waals surface area contributed by atoms with E-state index in [1.165, 1.54) is 12.1 Å². The number of esters is 1. The first-order valence-electron chi connectivity index (χ1n) is 12.1. The van der Waals surface area contributed by atoms with Gasteiger partial charge in [0, 0.05) is 5.69 Å². The molecule has 9 heteroatoms. The van der Waals surface area contributed by atoms with Gasteiger partial charge in [0.25, 0.3) is 10.0 Å². The fraction of sp³-hybridized carbons (Fsp3) is 0.286. The third kappa shape index (κ3) is 7.57. The zero-order valence-corrected chi connectivity index (χ0v) is 22.1. The minimum atomic E-state index is -4.06. The van der Waals surface area contributed by atoms with Gasteiger partial charge in [0.1, 0.15) is 12.3 Å². The predicted octanol–water partition coefficient (Wildman–Crippen LogP) is 5.18. The SMILES string of the molecule is CCCCOC(=O)c1ccc(NC(=O)CN(c2ccc(C)cc2)S(=O)(=O)c2ccc(OCC)cc2)cc1. The number of hydrogen-bond donors (Lipinski definition) is 1. The number of aryl methyl sites for hydroxylation is 1. The van der Waals surface area contributed by atoms with E-state index in [1.807, 2.05) is 20.8 Å². The second kappa shape index (κ2) is 12.9. The maximum atomic E-state index is 13.6. The van der Waals surface area contributed by atoms with Crippen LogP contribution in [0.2, 0.25) is 0 Å². The minimum Gasteiger partial charge on any atom is -0.494 e. The fourth-order valence-electron chi connectivity index (χ4n) is 3.44. The van der Waals surface area contributed by atoms with Crippen LogP contribution in [0.1, 0.15) is 42.6 Å².